The lowest BCUT2D eigenvalue weighted by atomic mass is 10.0. The van der Waals surface area contributed by atoms with E-state index < -0.39 is 5.97 Å². The normalized spacial score (nSPS) is 10.8. The van der Waals surface area contributed by atoms with Crippen LogP contribution in [0, 0.1) is 6.92 Å². The molecule has 0 aliphatic carbocycles. The standard InChI is InChI=1S/C15H17NO4/c1-4-5-9-6-10-13(11(7-9)20-3)16-12(15(18)19)8(2)14(10)17/h6-7H,4-5H2,1-3H3,(H,16,17)(H,18,19). The summed E-state index contributed by atoms with van der Waals surface area (Å²) in [5.41, 5.74) is 1.50. The van der Waals surface area contributed by atoms with Crippen LogP contribution in [0.25, 0.3) is 10.9 Å². The van der Waals surface area contributed by atoms with E-state index in [0.29, 0.717) is 16.7 Å². The summed E-state index contributed by atoms with van der Waals surface area (Å²) in [6.45, 7) is 3.61. The Hall–Kier alpha value is -2.30. The molecule has 0 fully saturated rings. The molecule has 2 N–H and O–H groups in total. The molecule has 20 heavy (non-hydrogen) atoms. The minimum atomic E-state index is -1.17. The van der Waals surface area contributed by atoms with E-state index in [1.165, 1.54) is 7.11 Å². The Morgan fingerprint density at radius 3 is 2.65 bits per heavy atom. The van der Waals surface area contributed by atoms with E-state index in [0.717, 1.165) is 18.4 Å². The molecule has 0 atom stereocenters. The van der Waals surface area contributed by atoms with E-state index in [4.69, 9.17) is 9.84 Å². The number of methoxy groups -OCH3 is 1. The first-order chi connectivity index (χ1) is 9.49. The number of rotatable bonds is 4. The fourth-order valence-electron chi connectivity index (χ4n) is 2.27. The third kappa shape index (κ3) is 2.27. The van der Waals surface area contributed by atoms with Crippen molar-refractivity contribution < 1.29 is 19.7 Å². The summed E-state index contributed by atoms with van der Waals surface area (Å²) in [4.78, 5) is 15.3. The average molecular weight is 275 g/mol. The van der Waals surface area contributed by atoms with Crippen molar-refractivity contribution in [2.24, 2.45) is 0 Å². The molecule has 1 heterocycles. The highest BCUT2D eigenvalue weighted by Crippen LogP contribution is 2.35. The number of ether oxygens (including phenoxy) is 1. The summed E-state index contributed by atoms with van der Waals surface area (Å²) in [5, 5.41) is 19.9. The van der Waals surface area contributed by atoms with Crippen molar-refractivity contribution in [1.82, 2.24) is 4.98 Å². The minimum Gasteiger partial charge on any atom is -0.507 e. The van der Waals surface area contributed by atoms with Crippen molar-refractivity contribution in [3.05, 3.63) is 29.0 Å². The predicted octanol–water partition coefficient (Wildman–Crippen LogP) is 2.91. The topological polar surface area (TPSA) is 79.7 Å². The van der Waals surface area contributed by atoms with Crippen molar-refractivity contribution in [3.63, 3.8) is 0 Å². The Bertz CT molecular complexity index is 679. The van der Waals surface area contributed by atoms with Gasteiger partial charge in [-0.2, -0.15) is 0 Å². The Morgan fingerprint density at radius 1 is 1.40 bits per heavy atom. The van der Waals surface area contributed by atoms with Gasteiger partial charge in [-0.1, -0.05) is 13.3 Å². The molecule has 106 valence electrons. The molecule has 1 aromatic heterocycles. The zero-order valence-electron chi connectivity index (χ0n) is 11.7. The molecular weight excluding hydrogens is 258 g/mol. The van der Waals surface area contributed by atoms with Crippen LogP contribution in [0.2, 0.25) is 0 Å². The smallest absolute Gasteiger partial charge is 0.354 e. The van der Waals surface area contributed by atoms with Crippen LogP contribution < -0.4 is 4.74 Å². The number of aromatic carboxylic acids is 1. The summed E-state index contributed by atoms with van der Waals surface area (Å²) in [5.74, 6) is -0.744. The van der Waals surface area contributed by atoms with Gasteiger partial charge in [0.1, 0.15) is 17.0 Å². The fraction of sp³-hybridized carbons (Fsp3) is 0.333. The fourth-order valence-corrected chi connectivity index (χ4v) is 2.27. The number of carboxylic acid groups (broad SMARTS) is 1. The van der Waals surface area contributed by atoms with Crippen LogP contribution in [0.4, 0.5) is 0 Å². The van der Waals surface area contributed by atoms with Crippen molar-refractivity contribution in [2.45, 2.75) is 26.7 Å². The van der Waals surface area contributed by atoms with Crippen LogP contribution >= 0.6 is 0 Å². The third-order valence-corrected chi connectivity index (χ3v) is 3.29. The number of carbonyl (C=O) groups is 1. The number of carboxylic acids is 1. The second-order valence-corrected chi connectivity index (χ2v) is 4.68. The van der Waals surface area contributed by atoms with Gasteiger partial charge in [-0.05, 0) is 31.0 Å². The van der Waals surface area contributed by atoms with Crippen LogP contribution in [-0.2, 0) is 6.42 Å². The van der Waals surface area contributed by atoms with Gasteiger partial charge in [0.2, 0.25) is 0 Å². The van der Waals surface area contributed by atoms with Crippen LogP contribution in [0.3, 0.4) is 0 Å². The summed E-state index contributed by atoms with van der Waals surface area (Å²) in [6, 6.07) is 3.67. The quantitative estimate of drug-likeness (QED) is 0.896. The lowest BCUT2D eigenvalue weighted by Crippen LogP contribution is -2.05. The van der Waals surface area contributed by atoms with Gasteiger partial charge in [0, 0.05) is 10.9 Å². The number of benzene rings is 1. The zero-order valence-corrected chi connectivity index (χ0v) is 11.7. The Morgan fingerprint density at radius 2 is 2.10 bits per heavy atom. The number of aromatic nitrogens is 1. The van der Waals surface area contributed by atoms with Crippen LogP contribution in [0.15, 0.2) is 12.1 Å². The van der Waals surface area contributed by atoms with Crippen LogP contribution in [0.1, 0.15) is 35.0 Å². The summed E-state index contributed by atoms with van der Waals surface area (Å²) >= 11 is 0. The molecule has 0 aliphatic heterocycles. The second kappa shape index (κ2) is 5.36. The summed E-state index contributed by atoms with van der Waals surface area (Å²) in [6.07, 6.45) is 1.82. The number of pyridine rings is 1. The van der Waals surface area contributed by atoms with E-state index in [9.17, 15) is 9.90 Å². The number of aromatic hydroxyl groups is 1. The molecular formula is C15H17NO4. The van der Waals surface area contributed by atoms with E-state index in [1.54, 1.807) is 6.92 Å². The molecule has 0 saturated carbocycles. The molecule has 0 saturated heterocycles. The van der Waals surface area contributed by atoms with Crippen molar-refractivity contribution in [1.29, 1.82) is 0 Å². The van der Waals surface area contributed by atoms with Gasteiger partial charge in [0.25, 0.3) is 0 Å². The average Bonchev–Trinajstić information content (AvgIpc) is 2.42. The van der Waals surface area contributed by atoms with E-state index in [1.807, 2.05) is 12.1 Å². The van der Waals surface area contributed by atoms with Crippen molar-refractivity contribution in [2.75, 3.05) is 7.11 Å². The molecule has 2 aromatic rings. The Kier molecular flexibility index (Phi) is 3.79. The first-order valence-electron chi connectivity index (χ1n) is 6.43. The molecule has 0 amide bonds. The maximum atomic E-state index is 11.2. The Balaban J connectivity index is 2.83. The van der Waals surface area contributed by atoms with Gasteiger partial charge >= 0.3 is 5.97 Å². The highest BCUT2D eigenvalue weighted by atomic mass is 16.5. The maximum absolute atomic E-state index is 11.2. The largest absolute Gasteiger partial charge is 0.507 e. The van der Waals surface area contributed by atoms with E-state index >= 15 is 0 Å². The van der Waals surface area contributed by atoms with Gasteiger partial charge in [0.15, 0.2) is 5.69 Å². The van der Waals surface area contributed by atoms with Crippen LogP contribution in [0.5, 0.6) is 11.5 Å². The highest BCUT2D eigenvalue weighted by molar-refractivity contribution is 5.97. The van der Waals surface area contributed by atoms with E-state index in [-0.39, 0.29) is 17.0 Å². The molecule has 0 aliphatic rings. The number of nitrogens with zero attached hydrogens (tertiary/aromatic N) is 1. The lowest BCUT2D eigenvalue weighted by Gasteiger charge is -2.12. The molecule has 1 aromatic carbocycles. The number of aryl methyl sites for hydroxylation is 1. The third-order valence-electron chi connectivity index (χ3n) is 3.29. The predicted molar refractivity (Wildman–Crippen MR) is 75.7 cm³/mol. The molecule has 0 bridgehead atoms. The lowest BCUT2D eigenvalue weighted by molar-refractivity contribution is 0.0689. The maximum Gasteiger partial charge on any atom is 0.354 e. The highest BCUT2D eigenvalue weighted by Gasteiger charge is 2.19. The van der Waals surface area contributed by atoms with Gasteiger partial charge in [-0.3, -0.25) is 0 Å². The van der Waals surface area contributed by atoms with Crippen LogP contribution in [-0.4, -0.2) is 28.3 Å². The second-order valence-electron chi connectivity index (χ2n) is 4.68. The molecule has 0 unspecified atom stereocenters. The minimum absolute atomic E-state index is 0.0522. The molecule has 0 spiro atoms. The number of hydrogen-bond acceptors (Lipinski definition) is 4. The SMILES string of the molecule is CCCc1cc(OC)c2nc(C(=O)O)c(C)c(O)c2c1. The van der Waals surface area contributed by atoms with Crippen molar-refractivity contribution in [3.8, 4) is 11.5 Å². The van der Waals surface area contributed by atoms with Crippen molar-refractivity contribution >= 4 is 16.9 Å². The number of hydrogen-bond donors (Lipinski definition) is 2. The summed E-state index contributed by atoms with van der Waals surface area (Å²) in [7, 11) is 1.50. The molecule has 5 nitrogen and oxygen atoms in total. The van der Waals surface area contributed by atoms with Gasteiger partial charge in [-0.25, -0.2) is 9.78 Å². The van der Waals surface area contributed by atoms with Gasteiger partial charge in [-0.15, -0.1) is 0 Å². The van der Waals surface area contributed by atoms with E-state index in [2.05, 4.69) is 11.9 Å². The van der Waals surface area contributed by atoms with Gasteiger partial charge in [0.05, 0.1) is 7.11 Å². The first-order valence-corrected chi connectivity index (χ1v) is 6.43. The summed E-state index contributed by atoms with van der Waals surface area (Å²) < 4.78 is 5.28. The van der Waals surface area contributed by atoms with Gasteiger partial charge < -0.3 is 14.9 Å². The Labute approximate surface area is 116 Å². The number of fused-ring (bicyclic) bond motifs is 1. The first kappa shape index (κ1) is 14.1. The monoisotopic (exact) mass is 275 g/mol. The zero-order chi connectivity index (χ0) is 14.9. The molecule has 2 rings (SSSR count). The molecule has 5 heteroatoms. The molecule has 0 radical (unpaired) electrons.